The maximum absolute atomic E-state index is 14.3. The molecule has 1 aliphatic carbocycles. The molecule has 1 aromatic heterocycles. The van der Waals surface area contributed by atoms with E-state index in [0.717, 1.165) is 16.1 Å². The summed E-state index contributed by atoms with van der Waals surface area (Å²) in [5.74, 6) is -1.42. The van der Waals surface area contributed by atoms with Crippen LogP contribution in [0.4, 0.5) is 4.39 Å². The summed E-state index contributed by atoms with van der Waals surface area (Å²) >= 11 is 1.49. The molecule has 200 valence electrons. The van der Waals surface area contributed by atoms with Crippen LogP contribution in [-0.4, -0.2) is 57.0 Å². The van der Waals surface area contributed by atoms with E-state index in [1.54, 1.807) is 45.3 Å². The quantitative estimate of drug-likeness (QED) is 0.501. The highest BCUT2D eigenvalue weighted by Crippen LogP contribution is 2.40. The lowest BCUT2D eigenvalue weighted by Gasteiger charge is -2.36. The summed E-state index contributed by atoms with van der Waals surface area (Å²) in [6.07, 6.45) is 1.45. The first-order chi connectivity index (χ1) is 17.3. The first kappa shape index (κ1) is 27.0. The molecule has 3 amide bonds. The second-order valence-corrected chi connectivity index (χ2v) is 12.1. The Morgan fingerprint density at radius 3 is 2.51 bits per heavy atom. The van der Waals surface area contributed by atoms with E-state index in [0.29, 0.717) is 24.9 Å². The maximum Gasteiger partial charge on any atom is 0.258 e. The number of aromatic hydroxyl groups is 1. The molecule has 3 atom stereocenters. The molecular formula is C27H35FN4O4S. The number of aromatic nitrogens is 1. The van der Waals surface area contributed by atoms with Crippen LogP contribution in [0.25, 0.3) is 10.4 Å². The molecule has 1 aliphatic heterocycles. The molecule has 1 aromatic carbocycles. The third-order valence-electron chi connectivity index (χ3n) is 7.19. The predicted molar refractivity (Wildman–Crippen MR) is 140 cm³/mol. The molecule has 8 nitrogen and oxygen atoms in total. The number of halogens is 1. The number of nitrogens with one attached hydrogen (secondary N) is 2. The van der Waals surface area contributed by atoms with Gasteiger partial charge >= 0.3 is 0 Å². The zero-order valence-electron chi connectivity index (χ0n) is 21.9. The van der Waals surface area contributed by atoms with Crippen molar-refractivity contribution >= 4 is 29.1 Å². The van der Waals surface area contributed by atoms with E-state index in [9.17, 15) is 23.9 Å². The number of hydrogen-bond donors (Lipinski definition) is 3. The minimum Gasteiger partial charge on any atom is -0.508 e. The Bertz CT molecular complexity index is 1200. The third-order valence-corrected chi connectivity index (χ3v) is 8.16. The average molecular weight is 531 g/mol. The van der Waals surface area contributed by atoms with Gasteiger partial charge in [0.05, 0.1) is 22.1 Å². The summed E-state index contributed by atoms with van der Waals surface area (Å²) in [6.45, 7) is 9.48. The van der Waals surface area contributed by atoms with Crippen LogP contribution in [0.15, 0.2) is 23.7 Å². The lowest BCUT2D eigenvalue weighted by Crippen LogP contribution is -2.59. The standard InChI is InChI=1S/C27H35FN4O4S/c1-15(18-9-8-17(13-20(18)33)21-16(2)29-14-37-21)30-23(34)19-7-6-12-32(19)24(35)22(26(3,4)5)31-25(36)27(28)10-11-27/h8-9,13-15,19,22,33H,6-7,10-12H2,1-5H3,(H,30,34)(H,31,36). The van der Waals surface area contributed by atoms with E-state index in [1.165, 1.54) is 16.2 Å². The lowest BCUT2D eigenvalue weighted by atomic mass is 9.85. The molecule has 1 saturated heterocycles. The van der Waals surface area contributed by atoms with Crippen LogP contribution in [-0.2, 0) is 14.4 Å². The number of hydrogen-bond acceptors (Lipinski definition) is 6. The van der Waals surface area contributed by atoms with Gasteiger partial charge < -0.3 is 20.6 Å². The zero-order valence-corrected chi connectivity index (χ0v) is 22.7. The van der Waals surface area contributed by atoms with Gasteiger partial charge in [-0.3, -0.25) is 14.4 Å². The second-order valence-electron chi connectivity index (χ2n) is 11.2. The molecule has 0 radical (unpaired) electrons. The van der Waals surface area contributed by atoms with Gasteiger partial charge in [-0.1, -0.05) is 32.9 Å². The Hall–Kier alpha value is -3.01. The van der Waals surface area contributed by atoms with Crippen molar-refractivity contribution in [1.29, 1.82) is 0 Å². The second kappa shape index (κ2) is 10.0. The van der Waals surface area contributed by atoms with Crippen molar-refractivity contribution in [1.82, 2.24) is 20.5 Å². The van der Waals surface area contributed by atoms with Crippen molar-refractivity contribution in [3.05, 3.63) is 35.0 Å². The van der Waals surface area contributed by atoms with Gasteiger partial charge in [-0.25, -0.2) is 9.37 Å². The molecule has 0 bridgehead atoms. The summed E-state index contributed by atoms with van der Waals surface area (Å²) in [4.78, 5) is 45.9. The van der Waals surface area contributed by atoms with Crippen LogP contribution >= 0.6 is 11.3 Å². The third kappa shape index (κ3) is 5.63. The fourth-order valence-electron chi connectivity index (χ4n) is 4.73. The van der Waals surface area contributed by atoms with Crippen molar-refractivity contribution in [3.63, 3.8) is 0 Å². The number of carbonyl (C=O) groups excluding carboxylic acids is 3. The van der Waals surface area contributed by atoms with Crippen molar-refractivity contribution < 1.29 is 23.9 Å². The Balaban J connectivity index is 1.46. The smallest absolute Gasteiger partial charge is 0.258 e. The van der Waals surface area contributed by atoms with Gasteiger partial charge in [0.25, 0.3) is 5.91 Å². The van der Waals surface area contributed by atoms with Gasteiger partial charge in [0.15, 0.2) is 5.67 Å². The van der Waals surface area contributed by atoms with E-state index >= 15 is 0 Å². The van der Waals surface area contributed by atoms with Crippen molar-refractivity contribution in [2.24, 2.45) is 5.41 Å². The number of likely N-dealkylation sites (tertiary alicyclic amines) is 1. The first-order valence-electron chi connectivity index (χ1n) is 12.7. The molecule has 2 aromatic rings. The van der Waals surface area contributed by atoms with E-state index in [-0.39, 0.29) is 30.4 Å². The number of rotatable bonds is 7. The van der Waals surface area contributed by atoms with E-state index in [2.05, 4.69) is 15.6 Å². The van der Waals surface area contributed by atoms with Gasteiger partial charge in [0, 0.05) is 12.1 Å². The summed E-state index contributed by atoms with van der Waals surface area (Å²) in [5, 5.41) is 16.2. The van der Waals surface area contributed by atoms with Gasteiger partial charge in [0.1, 0.15) is 17.8 Å². The summed E-state index contributed by atoms with van der Waals surface area (Å²) in [5.41, 5.74) is 1.49. The largest absolute Gasteiger partial charge is 0.508 e. The summed E-state index contributed by atoms with van der Waals surface area (Å²) in [7, 11) is 0. The van der Waals surface area contributed by atoms with Crippen LogP contribution in [0.1, 0.15) is 70.7 Å². The molecule has 2 aliphatic rings. The van der Waals surface area contributed by atoms with Crippen LogP contribution < -0.4 is 10.6 Å². The molecule has 0 spiro atoms. The van der Waals surface area contributed by atoms with Crippen LogP contribution in [0.3, 0.4) is 0 Å². The Morgan fingerprint density at radius 1 is 1.24 bits per heavy atom. The molecule has 4 rings (SSSR count). The van der Waals surface area contributed by atoms with Gasteiger partial charge in [-0.15, -0.1) is 11.3 Å². The molecule has 2 fully saturated rings. The molecule has 1 saturated carbocycles. The van der Waals surface area contributed by atoms with Crippen LogP contribution in [0, 0.1) is 12.3 Å². The molecule has 37 heavy (non-hydrogen) atoms. The Morgan fingerprint density at radius 2 is 1.95 bits per heavy atom. The van der Waals surface area contributed by atoms with Crippen molar-refractivity contribution in [2.45, 2.75) is 84.1 Å². The van der Waals surface area contributed by atoms with Crippen LogP contribution in [0.5, 0.6) is 5.75 Å². The number of carbonyl (C=O) groups is 3. The number of phenolic OH excluding ortho intramolecular Hbond substituents is 1. The number of aryl methyl sites for hydroxylation is 1. The summed E-state index contributed by atoms with van der Waals surface area (Å²) in [6, 6.07) is 3.17. The minimum absolute atomic E-state index is 0.0631. The Labute approximate surface area is 220 Å². The minimum atomic E-state index is -1.89. The topological polar surface area (TPSA) is 112 Å². The van der Waals surface area contributed by atoms with Crippen molar-refractivity contribution in [3.8, 4) is 16.2 Å². The first-order valence-corrected chi connectivity index (χ1v) is 13.5. The molecule has 2 heterocycles. The molecule has 3 N–H and O–H groups in total. The van der Waals surface area contributed by atoms with Gasteiger partial charge in [0.2, 0.25) is 11.8 Å². The number of nitrogens with zero attached hydrogens (tertiary/aromatic N) is 2. The highest BCUT2D eigenvalue weighted by molar-refractivity contribution is 7.13. The van der Waals surface area contributed by atoms with Gasteiger partial charge in [-0.2, -0.15) is 0 Å². The predicted octanol–water partition coefficient (Wildman–Crippen LogP) is 4.03. The van der Waals surface area contributed by atoms with E-state index in [4.69, 9.17) is 0 Å². The summed E-state index contributed by atoms with van der Waals surface area (Å²) < 4.78 is 14.3. The number of alkyl halides is 1. The monoisotopic (exact) mass is 530 g/mol. The average Bonchev–Trinajstić information content (AvgIpc) is 3.21. The lowest BCUT2D eigenvalue weighted by molar-refractivity contribution is -0.145. The fraction of sp³-hybridized carbons (Fsp3) is 0.556. The molecule has 10 heteroatoms. The number of thiazole rings is 1. The SMILES string of the molecule is Cc1ncsc1-c1ccc(C(C)NC(=O)C2CCCN2C(=O)C(NC(=O)C2(F)CC2)C(C)(C)C)c(O)c1. The van der Waals surface area contributed by atoms with E-state index in [1.807, 2.05) is 13.0 Å². The van der Waals surface area contributed by atoms with Crippen molar-refractivity contribution in [2.75, 3.05) is 6.54 Å². The molecule has 3 unspecified atom stereocenters. The molecular weight excluding hydrogens is 495 g/mol. The van der Waals surface area contributed by atoms with Gasteiger partial charge in [-0.05, 0) is 56.6 Å². The fourth-order valence-corrected chi connectivity index (χ4v) is 5.53. The van der Waals surface area contributed by atoms with Crippen LogP contribution in [0.2, 0.25) is 0 Å². The normalized spacial score (nSPS) is 20.3. The highest BCUT2D eigenvalue weighted by atomic mass is 32.1. The van der Waals surface area contributed by atoms with E-state index < -0.39 is 35.1 Å². The number of amides is 3. The number of phenols is 1. The number of benzene rings is 1. The highest BCUT2D eigenvalue weighted by Gasteiger charge is 2.53. The zero-order chi connectivity index (χ0) is 27.1. The Kier molecular flexibility index (Phi) is 7.34. The maximum atomic E-state index is 14.3.